The van der Waals surface area contributed by atoms with Gasteiger partial charge >= 0.3 is 0 Å². The van der Waals surface area contributed by atoms with Gasteiger partial charge in [-0.3, -0.25) is 20.9 Å². The second kappa shape index (κ2) is 7.35. The van der Waals surface area contributed by atoms with Crippen molar-refractivity contribution in [3.63, 3.8) is 0 Å². The molecule has 2 rings (SSSR count). The van der Waals surface area contributed by atoms with Crippen LogP contribution in [0.15, 0.2) is 18.2 Å². The number of nitro benzene ring substituents is 1. The van der Waals surface area contributed by atoms with E-state index in [9.17, 15) is 10.1 Å². The third kappa shape index (κ3) is 4.13. The monoisotopic (exact) mass is 293 g/mol. The van der Waals surface area contributed by atoms with Crippen molar-refractivity contribution >= 4 is 11.4 Å². The molecule has 0 unspecified atom stereocenters. The second-order valence-corrected chi connectivity index (χ2v) is 5.37. The summed E-state index contributed by atoms with van der Waals surface area (Å²) in [6, 6.07) is 5.08. The molecule has 1 fully saturated rings. The lowest BCUT2D eigenvalue weighted by Gasteiger charge is -2.34. The molecule has 7 heteroatoms. The highest BCUT2D eigenvalue weighted by atomic mass is 16.6. The molecule has 1 saturated heterocycles. The van der Waals surface area contributed by atoms with E-state index in [0.29, 0.717) is 5.69 Å². The first-order chi connectivity index (χ1) is 10.1. The van der Waals surface area contributed by atoms with Gasteiger partial charge in [-0.15, -0.1) is 0 Å². The average molecular weight is 293 g/mol. The molecule has 1 aliphatic rings. The van der Waals surface area contributed by atoms with E-state index in [4.69, 9.17) is 5.84 Å². The van der Waals surface area contributed by atoms with Crippen LogP contribution in [-0.2, 0) is 6.54 Å². The zero-order chi connectivity index (χ0) is 15.2. The number of nitrogen functional groups attached to an aromatic ring is 1. The molecule has 0 bridgehead atoms. The van der Waals surface area contributed by atoms with Gasteiger partial charge in [0, 0.05) is 38.8 Å². The van der Waals surface area contributed by atoms with Crippen molar-refractivity contribution in [2.45, 2.75) is 19.9 Å². The topological polar surface area (TPSA) is 87.7 Å². The molecule has 1 aromatic rings. The summed E-state index contributed by atoms with van der Waals surface area (Å²) in [4.78, 5) is 15.3. The number of hydrazine groups is 1. The Bertz CT molecular complexity index is 486. The Morgan fingerprint density at radius 3 is 2.52 bits per heavy atom. The van der Waals surface area contributed by atoms with Crippen molar-refractivity contribution < 1.29 is 4.92 Å². The van der Waals surface area contributed by atoms with Gasteiger partial charge in [0.25, 0.3) is 5.69 Å². The van der Waals surface area contributed by atoms with Gasteiger partial charge < -0.3 is 10.3 Å². The van der Waals surface area contributed by atoms with E-state index < -0.39 is 4.92 Å². The maximum absolute atomic E-state index is 10.9. The van der Waals surface area contributed by atoms with Crippen molar-refractivity contribution in [2.75, 3.05) is 38.1 Å². The number of benzene rings is 1. The highest BCUT2D eigenvalue weighted by molar-refractivity contribution is 5.62. The summed E-state index contributed by atoms with van der Waals surface area (Å²) < 4.78 is 0. The van der Waals surface area contributed by atoms with Gasteiger partial charge in [0.15, 0.2) is 0 Å². The predicted octanol–water partition coefficient (Wildman–Crippen LogP) is 1.41. The number of nitrogens with zero attached hydrogens (tertiary/aromatic N) is 3. The molecule has 0 aromatic heterocycles. The van der Waals surface area contributed by atoms with E-state index in [1.165, 1.54) is 12.5 Å². The summed E-state index contributed by atoms with van der Waals surface area (Å²) in [6.45, 7) is 8.39. The van der Waals surface area contributed by atoms with E-state index in [1.54, 1.807) is 12.1 Å². The normalized spacial score (nSPS) is 16.9. The molecule has 116 valence electrons. The van der Waals surface area contributed by atoms with Crippen LogP contribution in [0, 0.1) is 10.1 Å². The van der Waals surface area contributed by atoms with Crippen molar-refractivity contribution in [3.8, 4) is 0 Å². The summed E-state index contributed by atoms with van der Waals surface area (Å²) in [7, 11) is 0. The lowest BCUT2D eigenvalue weighted by Crippen LogP contribution is -2.45. The number of nitrogens with two attached hydrogens (primary N) is 1. The van der Waals surface area contributed by atoms with E-state index in [-0.39, 0.29) is 5.69 Å². The first-order valence-corrected chi connectivity index (χ1v) is 7.32. The summed E-state index contributed by atoms with van der Waals surface area (Å²) in [6.07, 6.45) is 1.19. The number of nitro groups is 1. The number of hydrogen-bond acceptors (Lipinski definition) is 6. The second-order valence-electron chi connectivity index (χ2n) is 5.37. The lowest BCUT2D eigenvalue weighted by molar-refractivity contribution is -0.384. The molecule has 0 radical (unpaired) electrons. The standard InChI is InChI=1S/C14H23N5O2/c1-2-5-17-6-8-18(9-7-17)11-12-3-4-14(19(20)21)13(10-12)16-15/h3-4,10,16H,2,5-9,11,15H2,1H3. The Kier molecular flexibility index (Phi) is 5.49. The smallest absolute Gasteiger partial charge is 0.293 e. The van der Waals surface area contributed by atoms with Crippen molar-refractivity contribution in [1.29, 1.82) is 0 Å². The number of nitrogens with one attached hydrogen (secondary N) is 1. The molecule has 0 spiro atoms. The van der Waals surface area contributed by atoms with Crippen LogP contribution in [0.2, 0.25) is 0 Å². The Hall–Kier alpha value is -1.70. The van der Waals surface area contributed by atoms with Crippen molar-refractivity contribution in [1.82, 2.24) is 9.80 Å². The number of piperazine rings is 1. The van der Waals surface area contributed by atoms with Crippen LogP contribution in [0.25, 0.3) is 0 Å². The molecule has 0 saturated carbocycles. The van der Waals surface area contributed by atoms with Gasteiger partial charge in [0.1, 0.15) is 5.69 Å². The van der Waals surface area contributed by atoms with Crippen molar-refractivity contribution in [2.24, 2.45) is 5.84 Å². The summed E-state index contributed by atoms with van der Waals surface area (Å²) in [5, 5.41) is 10.9. The zero-order valence-electron chi connectivity index (χ0n) is 12.4. The van der Waals surface area contributed by atoms with Crippen LogP contribution in [0.3, 0.4) is 0 Å². The molecular formula is C14H23N5O2. The first kappa shape index (κ1) is 15.7. The van der Waals surface area contributed by atoms with Gasteiger partial charge in [0.05, 0.1) is 4.92 Å². The largest absolute Gasteiger partial charge is 0.318 e. The molecule has 21 heavy (non-hydrogen) atoms. The fourth-order valence-electron chi connectivity index (χ4n) is 2.70. The molecular weight excluding hydrogens is 270 g/mol. The quantitative estimate of drug-likeness (QED) is 0.468. The van der Waals surface area contributed by atoms with Crippen LogP contribution in [0.5, 0.6) is 0 Å². The van der Waals surface area contributed by atoms with Crippen LogP contribution in [0.4, 0.5) is 11.4 Å². The number of hydrogen-bond donors (Lipinski definition) is 2. The van der Waals surface area contributed by atoms with Gasteiger partial charge in [-0.2, -0.15) is 0 Å². The minimum absolute atomic E-state index is 0.00835. The van der Waals surface area contributed by atoms with Gasteiger partial charge in [-0.25, -0.2) is 0 Å². The third-order valence-electron chi connectivity index (χ3n) is 3.82. The zero-order valence-corrected chi connectivity index (χ0v) is 12.4. The molecule has 3 N–H and O–H groups in total. The third-order valence-corrected chi connectivity index (χ3v) is 3.82. The van der Waals surface area contributed by atoms with Crippen LogP contribution >= 0.6 is 0 Å². The van der Waals surface area contributed by atoms with Crippen molar-refractivity contribution in [3.05, 3.63) is 33.9 Å². The lowest BCUT2D eigenvalue weighted by atomic mass is 10.1. The Morgan fingerprint density at radius 1 is 1.29 bits per heavy atom. The highest BCUT2D eigenvalue weighted by Gasteiger charge is 2.18. The van der Waals surface area contributed by atoms with E-state index in [1.807, 2.05) is 0 Å². The molecule has 0 aliphatic carbocycles. The molecule has 1 heterocycles. The summed E-state index contributed by atoms with van der Waals surface area (Å²) in [5.41, 5.74) is 3.82. The van der Waals surface area contributed by atoms with Gasteiger partial charge in [-0.1, -0.05) is 13.0 Å². The number of rotatable bonds is 6. The molecule has 7 nitrogen and oxygen atoms in total. The average Bonchev–Trinajstić information content (AvgIpc) is 2.49. The molecule has 1 aromatic carbocycles. The van der Waals surface area contributed by atoms with E-state index in [0.717, 1.165) is 44.8 Å². The summed E-state index contributed by atoms with van der Waals surface area (Å²) >= 11 is 0. The maximum atomic E-state index is 10.9. The fourth-order valence-corrected chi connectivity index (χ4v) is 2.70. The minimum Gasteiger partial charge on any atom is -0.318 e. The highest BCUT2D eigenvalue weighted by Crippen LogP contribution is 2.25. The Morgan fingerprint density at radius 2 is 1.95 bits per heavy atom. The van der Waals surface area contributed by atoms with Gasteiger partial charge in [-0.05, 0) is 24.6 Å². The van der Waals surface area contributed by atoms with E-state index >= 15 is 0 Å². The fraction of sp³-hybridized carbons (Fsp3) is 0.571. The van der Waals surface area contributed by atoms with Crippen LogP contribution in [0.1, 0.15) is 18.9 Å². The van der Waals surface area contributed by atoms with Gasteiger partial charge in [0.2, 0.25) is 0 Å². The Balaban J connectivity index is 1.96. The first-order valence-electron chi connectivity index (χ1n) is 7.32. The molecule has 0 atom stereocenters. The summed E-state index contributed by atoms with van der Waals surface area (Å²) in [5.74, 6) is 5.37. The maximum Gasteiger partial charge on any atom is 0.293 e. The van der Waals surface area contributed by atoms with E-state index in [2.05, 4.69) is 22.1 Å². The molecule has 0 amide bonds. The van der Waals surface area contributed by atoms with Crippen LogP contribution in [-0.4, -0.2) is 47.4 Å². The predicted molar refractivity (Wildman–Crippen MR) is 82.9 cm³/mol. The molecule has 1 aliphatic heterocycles. The van der Waals surface area contributed by atoms with Crippen LogP contribution < -0.4 is 11.3 Å². The minimum atomic E-state index is -0.428. The SMILES string of the molecule is CCCN1CCN(Cc2ccc([N+](=O)[O-])c(NN)c2)CC1. The Labute approximate surface area is 124 Å². The number of anilines is 1.